The van der Waals surface area contributed by atoms with Crippen LogP contribution in [0.15, 0.2) is 6.20 Å². The molecule has 0 aliphatic carbocycles. The molecule has 1 saturated heterocycles. The van der Waals surface area contributed by atoms with Gasteiger partial charge in [0, 0.05) is 12.1 Å². The van der Waals surface area contributed by atoms with Crippen LogP contribution in [0.4, 0.5) is 0 Å². The highest BCUT2D eigenvalue weighted by Crippen LogP contribution is 2.24. The fourth-order valence-corrected chi connectivity index (χ4v) is 3.33. The number of rotatable bonds is 3. The Balaban J connectivity index is 2.01. The van der Waals surface area contributed by atoms with Crippen molar-refractivity contribution >= 4 is 22.9 Å². The SMILES string of the molecule is CC(N)C1CCCCN1Cc1ncc(Cl)s1. The molecule has 5 heteroatoms. The lowest BCUT2D eigenvalue weighted by Gasteiger charge is -2.37. The van der Waals surface area contributed by atoms with Crippen LogP contribution in [0, 0.1) is 0 Å². The first-order chi connectivity index (χ1) is 7.66. The predicted octanol–water partition coefficient (Wildman–Crippen LogP) is 2.50. The third-order valence-electron chi connectivity index (χ3n) is 3.13. The zero-order valence-electron chi connectivity index (χ0n) is 9.53. The molecule has 1 aromatic heterocycles. The molecule has 2 N–H and O–H groups in total. The summed E-state index contributed by atoms with van der Waals surface area (Å²) in [5.41, 5.74) is 6.03. The first-order valence-corrected chi connectivity index (χ1v) is 6.96. The van der Waals surface area contributed by atoms with Crippen LogP contribution in [0.5, 0.6) is 0 Å². The van der Waals surface area contributed by atoms with Gasteiger partial charge in [-0.3, -0.25) is 4.90 Å². The second-order valence-corrected chi connectivity index (χ2v) is 6.20. The summed E-state index contributed by atoms with van der Waals surface area (Å²) in [4.78, 5) is 6.76. The highest BCUT2D eigenvalue weighted by Gasteiger charge is 2.25. The summed E-state index contributed by atoms with van der Waals surface area (Å²) >= 11 is 7.46. The number of hydrogen-bond acceptors (Lipinski definition) is 4. The van der Waals surface area contributed by atoms with Crippen LogP contribution in [-0.2, 0) is 6.54 Å². The molecule has 0 amide bonds. The minimum Gasteiger partial charge on any atom is -0.327 e. The monoisotopic (exact) mass is 259 g/mol. The number of halogens is 1. The summed E-state index contributed by atoms with van der Waals surface area (Å²) in [7, 11) is 0. The van der Waals surface area contributed by atoms with E-state index < -0.39 is 0 Å². The van der Waals surface area contributed by atoms with E-state index in [0.717, 1.165) is 22.4 Å². The van der Waals surface area contributed by atoms with E-state index in [-0.39, 0.29) is 6.04 Å². The third kappa shape index (κ3) is 2.94. The Kier molecular flexibility index (Phi) is 4.19. The molecule has 2 heterocycles. The van der Waals surface area contributed by atoms with Crippen molar-refractivity contribution in [3.05, 3.63) is 15.5 Å². The third-order valence-corrected chi connectivity index (χ3v) is 4.23. The van der Waals surface area contributed by atoms with Gasteiger partial charge in [0.15, 0.2) is 0 Å². The summed E-state index contributed by atoms with van der Waals surface area (Å²) in [6.45, 7) is 4.12. The molecule has 2 rings (SSSR count). The number of piperidine rings is 1. The van der Waals surface area contributed by atoms with Crippen LogP contribution in [0.2, 0.25) is 4.34 Å². The maximum atomic E-state index is 6.03. The summed E-state index contributed by atoms with van der Waals surface area (Å²) in [5.74, 6) is 0. The summed E-state index contributed by atoms with van der Waals surface area (Å²) in [6, 6.07) is 0.729. The van der Waals surface area contributed by atoms with Crippen molar-refractivity contribution in [2.24, 2.45) is 5.73 Å². The number of likely N-dealkylation sites (tertiary alicyclic amines) is 1. The standard InChI is InChI=1S/C11H18ClN3S/c1-8(13)9-4-2-3-5-15(9)7-11-14-6-10(12)16-11/h6,8-9H,2-5,7,13H2,1H3. The van der Waals surface area contributed by atoms with E-state index in [1.807, 2.05) is 0 Å². The van der Waals surface area contributed by atoms with E-state index in [1.165, 1.54) is 19.3 Å². The molecule has 90 valence electrons. The molecule has 1 aliphatic heterocycles. The van der Waals surface area contributed by atoms with Crippen LogP contribution in [0.3, 0.4) is 0 Å². The molecule has 2 unspecified atom stereocenters. The second-order valence-electron chi connectivity index (χ2n) is 4.45. The highest BCUT2D eigenvalue weighted by atomic mass is 35.5. The van der Waals surface area contributed by atoms with Crippen LogP contribution in [0.25, 0.3) is 0 Å². The van der Waals surface area contributed by atoms with Gasteiger partial charge in [0.25, 0.3) is 0 Å². The van der Waals surface area contributed by atoms with Gasteiger partial charge in [-0.15, -0.1) is 11.3 Å². The quantitative estimate of drug-likeness (QED) is 0.907. The predicted molar refractivity (Wildman–Crippen MR) is 68.8 cm³/mol. The van der Waals surface area contributed by atoms with E-state index in [2.05, 4.69) is 16.8 Å². The molecule has 3 nitrogen and oxygen atoms in total. The van der Waals surface area contributed by atoms with Crippen molar-refractivity contribution in [3.8, 4) is 0 Å². The Bertz CT molecular complexity index is 340. The van der Waals surface area contributed by atoms with Crippen LogP contribution >= 0.6 is 22.9 Å². The van der Waals surface area contributed by atoms with Crippen molar-refractivity contribution in [2.45, 2.75) is 44.8 Å². The first kappa shape index (κ1) is 12.3. The molecule has 0 aromatic carbocycles. The molecule has 1 aliphatic rings. The molecular weight excluding hydrogens is 242 g/mol. The summed E-state index contributed by atoms with van der Waals surface area (Å²) in [5, 5.41) is 1.09. The highest BCUT2D eigenvalue weighted by molar-refractivity contribution is 7.15. The fourth-order valence-electron chi connectivity index (χ4n) is 2.34. The van der Waals surface area contributed by atoms with Crippen LogP contribution in [-0.4, -0.2) is 28.5 Å². The Morgan fingerprint density at radius 2 is 2.50 bits per heavy atom. The Labute approximate surface area is 106 Å². The van der Waals surface area contributed by atoms with Crippen molar-refractivity contribution in [2.75, 3.05) is 6.54 Å². The maximum Gasteiger partial charge on any atom is 0.113 e. The van der Waals surface area contributed by atoms with Crippen LogP contribution in [0.1, 0.15) is 31.2 Å². The number of nitrogens with zero attached hydrogens (tertiary/aromatic N) is 2. The number of hydrogen-bond donors (Lipinski definition) is 1. The van der Waals surface area contributed by atoms with Gasteiger partial charge in [-0.05, 0) is 26.3 Å². The Morgan fingerprint density at radius 3 is 3.12 bits per heavy atom. The summed E-state index contributed by atoms with van der Waals surface area (Å²) in [6.07, 6.45) is 5.49. The average Bonchev–Trinajstić information content (AvgIpc) is 2.64. The zero-order valence-corrected chi connectivity index (χ0v) is 11.1. The van der Waals surface area contributed by atoms with Gasteiger partial charge in [-0.2, -0.15) is 0 Å². The molecule has 1 aromatic rings. The lowest BCUT2D eigenvalue weighted by atomic mass is 9.97. The second kappa shape index (κ2) is 5.45. The Hall–Kier alpha value is -0.160. The summed E-state index contributed by atoms with van der Waals surface area (Å²) < 4.78 is 0.768. The van der Waals surface area contributed by atoms with Gasteiger partial charge in [0.05, 0.1) is 12.7 Å². The van der Waals surface area contributed by atoms with Gasteiger partial charge >= 0.3 is 0 Å². The van der Waals surface area contributed by atoms with Gasteiger partial charge < -0.3 is 5.73 Å². The van der Waals surface area contributed by atoms with Gasteiger partial charge in [0.2, 0.25) is 0 Å². The first-order valence-electron chi connectivity index (χ1n) is 5.76. The van der Waals surface area contributed by atoms with E-state index in [9.17, 15) is 0 Å². The average molecular weight is 260 g/mol. The fraction of sp³-hybridized carbons (Fsp3) is 0.727. The van der Waals surface area contributed by atoms with Crippen molar-refractivity contribution < 1.29 is 0 Å². The normalized spacial score (nSPS) is 24.6. The van der Waals surface area contributed by atoms with E-state index in [4.69, 9.17) is 17.3 Å². The van der Waals surface area contributed by atoms with E-state index >= 15 is 0 Å². The smallest absolute Gasteiger partial charge is 0.113 e. The van der Waals surface area contributed by atoms with E-state index in [1.54, 1.807) is 17.5 Å². The van der Waals surface area contributed by atoms with Gasteiger partial charge in [-0.1, -0.05) is 18.0 Å². The molecule has 0 radical (unpaired) electrons. The number of nitrogens with two attached hydrogens (primary N) is 1. The molecular formula is C11H18ClN3S. The maximum absolute atomic E-state index is 6.03. The molecule has 16 heavy (non-hydrogen) atoms. The minimum absolute atomic E-state index is 0.232. The van der Waals surface area contributed by atoms with Crippen molar-refractivity contribution in [3.63, 3.8) is 0 Å². The zero-order chi connectivity index (χ0) is 11.5. The molecule has 2 atom stereocenters. The van der Waals surface area contributed by atoms with Gasteiger partial charge in [-0.25, -0.2) is 4.98 Å². The molecule has 0 bridgehead atoms. The topological polar surface area (TPSA) is 42.1 Å². The molecule has 1 fully saturated rings. The van der Waals surface area contributed by atoms with Gasteiger partial charge in [0.1, 0.15) is 9.34 Å². The lowest BCUT2D eigenvalue weighted by molar-refractivity contribution is 0.123. The van der Waals surface area contributed by atoms with Crippen molar-refractivity contribution in [1.82, 2.24) is 9.88 Å². The Morgan fingerprint density at radius 1 is 1.69 bits per heavy atom. The molecule has 0 saturated carbocycles. The lowest BCUT2D eigenvalue weighted by Crippen LogP contribution is -2.48. The largest absolute Gasteiger partial charge is 0.327 e. The van der Waals surface area contributed by atoms with Crippen LogP contribution < -0.4 is 5.73 Å². The van der Waals surface area contributed by atoms with Crippen molar-refractivity contribution in [1.29, 1.82) is 0 Å². The number of thiazole rings is 1. The number of aromatic nitrogens is 1. The molecule has 0 spiro atoms. The van der Waals surface area contributed by atoms with E-state index in [0.29, 0.717) is 6.04 Å². The minimum atomic E-state index is 0.232.